The van der Waals surface area contributed by atoms with Crippen molar-refractivity contribution in [2.75, 3.05) is 31.7 Å². The number of esters is 1. The number of rotatable bonds is 8. The van der Waals surface area contributed by atoms with Crippen molar-refractivity contribution >= 4 is 23.6 Å². The van der Waals surface area contributed by atoms with Gasteiger partial charge in [0.05, 0.1) is 12.6 Å². The number of benzene rings is 1. The standard InChI is InChI=1S/C18H26N2O3S/c1-3-23-18(22)16(9-12-24-2)20-11-10-19-15(17(20)21)13-14-7-5-4-6-8-14/h4-8,15-16,19H,3,9-13H2,1-2H3/t15-,16+/m0/s1. The minimum atomic E-state index is -0.481. The number of hydrogen-bond donors (Lipinski definition) is 1. The number of ether oxygens (including phenoxy) is 1. The molecule has 5 nitrogen and oxygen atoms in total. The van der Waals surface area contributed by atoms with Gasteiger partial charge >= 0.3 is 5.97 Å². The molecule has 0 unspecified atom stereocenters. The van der Waals surface area contributed by atoms with E-state index in [1.54, 1.807) is 23.6 Å². The number of carbonyl (C=O) groups excluding carboxylic acids is 2. The maximum absolute atomic E-state index is 12.9. The summed E-state index contributed by atoms with van der Waals surface area (Å²) in [6.45, 7) is 3.37. The molecule has 1 saturated heterocycles. The summed E-state index contributed by atoms with van der Waals surface area (Å²) >= 11 is 1.67. The SMILES string of the molecule is CCOC(=O)[C@@H](CCSC)N1CCN[C@@H](Cc2ccccc2)C1=O. The van der Waals surface area contributed by atoms with Gasteiger partial charge in [0.1, 0.15) is 6.04 Å². The smallest absolute Gasteiger partial charge is 0.328 e. The third kappa shape index (κ3) is 4.98. The van der Waals surface area contributed by atoms with Crippen molar-refractivity contribution in [3.8, 4) is 0 Å². The minimum absolute atomic E-state index is 0.00995. The molecule has 1 amide bonds. The summed E-state index contributed by atoms with van der Waals surface area (Å²) < 4.78 is 5.19. The van der Waals surface area contributed by atoms with E-state index in [1.165, 1.54) is 0 Å². The van der Waals surface area contributed by atoms with Gasteiger partial charge in [0.2, 0.25) is 5.91 Å². The molecule has 1 aliphatic rings. The molecule has 1 aromatic carbocycles. The van der Waals surface area contributed by atoms with Gasteiger partial charge in [0.25, 0.3) is 0 Å². The topological polar surface area (TPSA) is 58.6 Å². The van der Waals surface area contributed by atoms with Gasteiger partial charge in [0, 0.05) is 13.1 Å². The van der Waals surface area contributed by atoms with Crippen LogP contribution in [0.3, 0.4) is 0 Å². The Hall–Kier alpha value is -1.53. The summed E-state index contributed by atoms with van der Waals surface area (Å²) in [6, 6.07) is 9.18. The maximum atomic E-state index is 12.9. The van der Waals surface area contributed by atoms with Crippen LogP contribution >= 0.6 is 11.8 Å². The Bertz CT molecular complexity index is 538. The largest absolute Gasteiger partial charge is 0.464 e. The first kappa shape index (κ1) is 18.8. The van der Waals surface area contributed by atoms with E-state index in [0.717, 1.165) is 11.3 Å². The van der Waals surface area contributed by atoms with Crippen molar-refractivity contribution in [2.45, 2.75) is 31.8 Å². The van der Waals surface area contributed by atoms with E-state index >= 15 is 0 Å². The number of nitrogens with zero attached hydrogens (tertiary/aromatic N) is 1. The van der Waals surface area contributed by atoms with E-state index in [9.17, 15) is 9.59 Å². The molecule has 0 radical (unpaired) electrons. The van der Waals surface area contributed by atoms with Crippen LogP contribution in [0.1, 0.15) is 18.9 Å². The molecule has 1 aromatic rings. The predicted molar refractivity (Wildman–Crippen MR) is 97.1 cm³/mol. The molecule has 2 atom stereocenters. The number of carbonyl (C=O) groups is 2. The van der Waals surface area contributed by atoms with Gasteiger partial charge < -0.3 is 15.0 Å². The summed E-state index contributed by atoms with van der Waals surface area (Å²) in [5.74, 6) is 0.522. The number of thioether (sulfide) groups is 1. The van der Waals surface area contributed by atoms with Gasteiger partial charge in [-0.2, -0.15) is 11.8 Å². The maximum Gasteiger partial charge on any atom is 0.328 e. The predicted octanol–water partition coefficient (Wildman–Crippen LogP) is 1.71. The first-order chi connectivity index (χ1) is 11.7. The third-order valence-electron chi connectivity index (χ3n) is 4.14. The average molecular weight is 350 g/mol. The summed E-state index contributed by atoms with van der Waals surface area (Å²) in [7, 11) is 0. The lowest BCUT2D eigenvalue weighted by Gasteiger charge is -2.37. The highest BCUT2D eigenvalue weighted by molar-refractivity contribution is 7.98. The van der Waals surface area contributed by atoms with Crippen LogP contribution in [0, 0.1) is 0 Å². The van der Waals surface area contributed by atoms with Crippen LogP contribution in [0.15, 0.2) is 30.3 Å². The molecule has 1 N–H and O–H groups in total. The minimum Gasteiger partial charge on any atom is -0.464 e. The molecular weight excluding hydrogens is 324 g/mol. The van der Waals surface area contributed by atoms with Gasteiger partial charge in [-0.25, -0.2) is 4.79 Å². The molecule has 0 saturated carbocycles. The first-order valence-electron chi connectivity index (χ1n) is 8.40. The summed E-state index contributed by atoms with van der Waals surface area (Å²) in [4.78, 5) is 26.9. The number of nitrogens with one attached hydrogen (secondary N) is 1. The van der Waals surface area contributed by atoms with Crippen LogP contribution in [0.25, 0.3) is 0 Å². The lowest BCUT2D eigenvalue weighted by Crippen LogP contribution is -2.60. The lowest BCUT2D eigenvalue weighted by atomic mass is 10.0. The molecule has 1 aliphatic heterocycles. The van der Waals surface area contributed by atoms with Crippen molar-refractivity contribution < 1.29 is 14.3 Å². The van der Waals surface area contributed by atoms with Crippen molar-refractivity contribution in [3.05, 3.63) is 35.9 Å². The van der Waals surface area contributed by atoms with Crippen molar-refractivity contribution in [2.24, 2.45) is 0 Å². The zero-order chi connectivity index (χ0) is 17.4. The average Bonchev–Trinajstić information content (AvgIpc) is 2.59. The van der Waals surface area contributed by atoms with E-state index in [4.69, 9.17) is 4.74 Å². The molecule has 24 heavy (non-hydrogen) atoms. The summed E-state index contributed by atoms with van der Waals surface area (Å²) in [5, 5.41) is 3.28. The molecule has 0 spiro atoms. The molecule has 132 valence electrons. The van der Waals surface area contributed by atoms with Crippen LogP contribution in [0.2, 0.25) is 0 Å². The second kappa shape index (κ2) is 9.69. The highest BCUT2D eigenvalue weighted by Gasteiger charge is 2.36. The quantitative estimate of drug-likeness (QED) is 0.724. The molecule has 1 heterocycles. The monoisotopic (exact) mass is 350 g/mol. The lowest BCUT2D eigenvalue weighted by molar-refractivity contribution is -0.156. The van der Waals surface area contributed by atoms with Gasteiger partial charge in [-0.15, -0.1) is 0 Å². The second-order valence-electron chi connectivity index (χ2n) is 5.78. The fourth-order valence-corrected chi connectivity index (χ4v) is 3.40. The summed E-state index contributed by atoms with van der Waals surface area (Å²) in [6.07, 6.45) is 3.26. The molecule has 2 rings (SSSR count). The third-order valence-corrected chi connectivity index (χ3v) is 4.78. The van der Waals surface area contributed by atoms with Crippen molar-refractivity contribution in [1.82, 2.24) is 10.2 Å². The van der Waals surface area contributed by atoms with E-state index in [0.29, 0.717) is 32.5 Å². The fraction of sp³-hybridized carbons (Fsp3) is 0.556. The normalized spacial score (nSPS) is 19.2. The second-order valence-corrected chi connectivity index (χ2v) is 6.76. The Kier molecular flexibility index (Phi) is 7.59. The molecule has 0 aromatic heterocycles. The number of hydrogen-bond acceptors (Lipinski definition) is 5. The Morgan fingerprint density at radius 3 is 2.83 bits per heavy atom. The highest BCUT2D eigenvalue weighted by Crippen LogP contribution is 2.16. The molecule has 6 heteroatoms. The van der Waals surface area contributed by atoms with E-state index in [2.05, 4.69) is 5.32 Å². The molecule has 0 aliphatic carbocycles. The van der Waals surface area contributed by atoms with Crippen LogP contribution in [-0.2, 0) is 20.7 Å². The number of amides is 1. The van der Waals surface area contributed by atoms with Crippen LogP contribution in [0.4, 0.5) is 0 Å². The zero-order valence-electron chi connectivity index (χ0n) is 14.4. The Morgan fingerprint density at radius 1 is 1.42 bits per heavy atom. The van der Waals surface area contributed by atoms with Gasteiger partial charge in [-0.3, -0.25) is 4.79 Å². The van der Waals surface area contributed by atoms with E-state index < -0.39 is 6.04 Å². The Morgan fingerprint density at radius 2 is 2.17 bits per heavy atom. The van der Waals surface area contributed by atoms with Crippen molar-refractivity contribution in [3.63, 3.8) is 0 Å². The number of piperazine rings is 1. The van der Waals surface area contributed by atoms with Crippen LogP contribution in [0.5, 0.6) is 0 Å². The van der Waals surface area contributed by atoms with Gasteiger partial charge in [-0.1, -0.05) is 30.3 Å². The Labute approximate surface area is 148 Å². The van der Waals surface area contributed by atoms with E-state index in [-0.39, 0.29) is 17.9 Å². The highest BCUT2D eigenvalue weighted by atomic mass is 32.2. The van der Waals surface area contributed by atoms with Crippen molar-refractivity contribution in [1.29, 1.82) is 0 Å². The van der Waals surface area contributed by atoms with Crippen LogP contribution in [-0.4, -0.2) is 60.6 Å². The molecule has 1 fully saturated rings. The fourth-order valence-electron chi connectivity index (χ4n) is 2.94. The zero-order valence-corrected chi connectivity index (χ0v) is 15.2. The van der Waals surface area contributed by atoms with Crippen LogP contribution < -0.4 is 5.32 Å². The Balaban J connectivity index is 2.08. The first-order valence-corrected chi connectivity index (χ1v) is 9.80. The van der Waals surface area contributed by atoms with Gasteiger partial charge in [-0.05, 0) is 37.3 Å². The van der Waals surface area contributed by atoms with Gasteiger partial charge in [0.15, 0.2) is 0 Å². The summed E-state index contributed by atoms with van der Waals surface area (Å²) in [5.41, 5.74) is 1.11. The molecule has 0 bridgehead atoms. The van der Waals surface area contributed by atoms with E-state index in [1.807, 2.05) is 36.6 Å². The molecular formula is C18H26N2O3S.